The number of nitrogens with zero attached hydrogens (tertiary/aromatic N) is 4. The maximum Gasteiger partial charge on any atom is 0.296 e. The Morgan fingerprint density at radius 1 is 1.35 bits per heavy atom. The molecule has 0 aliphatic carbocycles. The number of fused-ring (bicyclic) bond motifs is 1. The summed E-state index contributed by atoms with van der Waals surface area (Å²) >= 11 is 5.87. The fourth-order valence-corrected chi connectivity index (χ4v) is 2.63. The molecular weight excluding hydrogens is 323 g/mol. The first kappa shape index (κ1) is 14.9. The molecule has 0 spiro atoms. The van der Waals surface area contributed by atoms with Gasteiger partial charge in [-0.2, -0.15) is 10.4 Å². The van der Waals surface area contributed by atoms with Gasteiger partial charge in [-0.15, -0.1) is 0 Å². The van der Waals surface area contributed by atoms with Crippen molar-refractivity contribution >= 4 is 28.2 Å². The third-order valence-electron chi connectivity index (χ3n) is 3.29. The van der Waals surface area contributed by atoms with E-state index in [1.54, 1.807) is 6.07 Å². The molecule has 0 aliphatic rings. The monoisotopic (exact) mass is 330 g/mol. The van der Waals surface area contributed by atoms with Crippen molar-refractivity contribution in [2.45, 2.75) is 6.54 Å². The first-order chi connectivity index (χ1) is 11.0. The van der Waals surface area contributed by atoms with Gasteiger partial charge < -0.3 is 0 Å². The summed E-state index contributed by atoms with van der Waals surface area (Å²) in [5.74, 6) is -0.548. The van der Waals surface area contributed by atoms with Crippen LogP contribution in [0, 0.1) is 27.3 Å². The van der Waals surface area contributed by atoms with Crippen LogP contribution in [0.15, 0.2) is 36.5 Å². The summed E-state index contributed by atoms with van der Waals surface area (Å²) in [7, 11) is 0. The number of aromatic nitrogens is 2. The summed E-state index contributed by atoms with van der Waals surface area (Å²) in [4.78, 5) is 10.7. The number of halogens is 2. The van der Waals surface area contributed by atoms with Crippen LogP contribution in [0.5, 0.6) is 0 Å². The standard InChI is InChI=1S/C15H8ClFN4O2/c16-12-4-11-7-19-20(15(11)14(5-12)21(22)23)8-10-1-9(6-18)2-13(17)3-10/h1-5,7H,8H2. The zero-order valence-electron chi connectivity index (χ0n) is 11.5. The van der Waals surface area contributed by atoms with Gasteiger partial charge in [0.05, 0.1) is 29.3 Å². The Labute approximate surface area is 134 Å². The molecule has 0 atom stereocenters. The van der Waals surface area contributed by atoms with Crippen LogP contribution >= 0.6 is 11.6 Å². The third kappa shape index (κ3) is 2.84. The van der Waals surface area contributed by atoms with E-state index in [4.69, 9.17) is 16.9 Å². The molecule has 0 aliphatic heterocycles. The van der Waals surface area contributed by atoms with Crippen molar-refractivity contribution in [2.24, 2.45) is 0 Å². The zero-order valence-corrected chi connectivity index (χ0v) is 12.3. The number of rotatable bonds is 3. The minimum absolute atomic E-state index is 0.0956. The Morgan fingerprint density at radius 3 is 2.83 bits per heavy atom. The second-order valence-electron chi connectivity index (χ2n) is 4.88. The maximum absolute atomic E-state index is 13.5. The van der Waals surface area contributed by atoms with Gasteiger partial charge in [-0.3, -0.25) is 14.8 Å². The van der Waals surface area contributed by atoms with E-state index < -0.39 is 10.7 Å². The van der Waals surface area contributed by atoms with Gasteiger partial charge in [0.2, 0.25) is 0 Å². The summed E-state index contributed by atoms with van der Waals surface area (Å²) in [6.07, 6.45) is 1.46. The second-order valence-corrected chi connectivity index (χ2v) is 5.32. The van der Waals surface area contributed by atoms with Crippen LogP contribution in [-0.4, -0.2) is 14.7 Å². The lowest BCUT2D eigenvalue weighted by Gasteiger charge is -2.06. The molecule has 0 unspecified atom stereocenters. The molecule has 3 rings (SSSR count). The number of benzene rings is 2. The van der Waals surface area contributed by atoms with Crippen molar-refractivity contribution in [2.75, 3.05) is 0 Å². The molecule has 8 heteroatoms. The zero-order chi connectivity index (χ0) is 16.6. The van der Waals surface area contributed by atoms with Crippen molar-refractivity contribution < 1.29 is 9.31 Å². The SMILES string of the molecule is N#Cc1cc(F)cc(Cn2ncc3cc(Cl)cc([N+](=O)[O-])c32)c1. The molecule has 0 amide bonds. The molecule has 0 saturated heterocycles. The van der Waals surface area contributed by atoms with Crippen LogP contribution in [0.3, 0.4) is 0 Å². The number of nitro benzene ring substituents is 1. The first-order valence-corrected chi connectivity index (χ1v) is 6.85. The van der Waals surface area contributed by atoms with E-state index in [2.05, 4.69) is 5.10 Å². The Morgan fingerprint density at radius 2 is 2.13 bits per heavy atom. The fraction of sp³-hybridized carbons (Fsp3) is 0.0667. The number of nitro groups is 1. The smallest absolute Gasteiger partial charge is 0.258 e. The fourth-order valence-electron chi connectivity index (χ4n) is 2.41. The predicted octanol–water partition coefficient (Wildman–Crippen LogP) is 3.66. The number of hydrogen-bond acceptors (Lipinski definition) is 4. The van der Waals surface area contributed by atoms with Crippen LogP contribution in [0.25, 0.3) is 10.9 Å². The molecule has 0 N–H and O–H groups in total. The molecule has 6 nitrogen and oxygen atoms in total. The third-order valence-corrected chi connectivity index (χ3v) is 3.51. The van der Waals surface area contributed by atoms with E-state index in [0.717, 1.165) is 6.07 Å². The van der Waals surface area contributed by atoms with Gasteiger partial charge >= 0.3 is 0 Å². The molecule has 3 aromatic rings. The Kier molecular flexibility index (Phi) is 3.68. The summed E-state index contributed by atoms with van der Waals surface area (Å²) in [6.45, 7) is 0.0956. The highest BCUT2D eigenvalue weighted by Gasteiger charge is 2.18. The lowest BCUT2D eigenvalue weighted by Crippen LogP contribution is -2.04. The van der Waals surface area contributed by atoms with Crippen LogP contribution in [0.4, 0.5) is 10.1 Å². The van der Waals surface area contributed by atoms with E-state index in [0.29, 0.717) is 16.5 Å². The lowest BCUT2D eigenvalue weighted by atomic mass is 10.1. The van der Waals surface area contributed by atoms with Gasteiger partial charge in [0.15, 0.2) is 0 Å². The van der Waals surface area contributed by atoms with Gasteiger partial charge in [-0.1, -0.05) is 11.6 Å². The Balaban J connectivity index is 2.13. The van der Waals surface area contributed by atoms with Crippen molar-refractivity contribution in [3.63, 3.8) is 0 Å². The van der Waals surface area contributed by atoms with Gasteiger partial charge in [0.25, 0.3) is 5.69 Å². The molecule has 1 aromatic heterocycles. The average molecular weight is 331 g/mol. The van der Waals surface area contributed by atoms with Crippen LogP contribution in [0.2, 0.25) is 5.02 Å². The molecule has 0 saturated carbocycles. The predicted molar refractivity (Wildman–Crippen MR) is 81.6 cm³/mol. The summed E-state index contributed by atoms with van der Waals surface area (Å²) in [5, 5.41) is 25.0. The van der Waals surface area contributed by atoms with Gasteiger partial charge in [0.1, 0.15) is 11.3 Å². The maximum atomic E-state index is 13.5. The van der Waals surface area contributed by atoms with Gasteiger partial charge in [-0.05, 0) is 29.8 Å². The summed E-state index contributed by atoms with van der Waals surface area (Å²) < 4.78 is 14.9. The molecular formula is C15H8ClFN4O2. The normalized spacial score (nSPS) is 10.7. The topological polar surface area (TPSA) is 84.8 Å². The highest BCUT2D eigenvalue weighted by atomic mass is 35.5. The Hall–Kier alpha value is -2.98. The second kappa shape index (κ2) is 5.66. The van der Waals surface area contributed by atoms with Crippen LogP contribution in [-0.2, 0) is 6.54 Å². The highest BCUT2D eigenvalue weighted by Crippen LogP contribution is 2.30. The average Bonchev–Trinajstić information content (AvgIpc) is 2.88. The van der Waals surface area contributed by atoms with Crippen molar-refractivity contribution in [3.8, 4) is 6.07 Å². The van der Waals surface area contributed by atoms with E-state index >= 15 is 0 Å². The van der Waals surface area contributed by atoms with E-state index in [1.165, 1.54) is 29.1 Å². The van der Waals surface area contributed by atoms with E-state index in [1.807, 2.05) is 6.07 Å². The molecule has 23 heavy (non-hydrogen) atoms. The molecule has 0 radical (unpaired) electrons. The van der Waals surface area contributed by atoms with E-state index in [-0.39, 0.29) is 22.8 Å². The van der Waals surface area contributed by atoms with Crippen LogP contribution < -0.4 is 0 Å². The molecule has 0 bridgehead atoms. The number of non-ortho nitro benzene ring substituents is 1. The minimum atomic E-state index is -0.548. The quantitative estimate of drug-likeness (QED) is 0.542. The van der Waals surface area contributed by atoms with E-state index in [9.17, 15) is 14.5 Å². The molecule has 2 aromatic carbocycles. The minimum Gasteiger partial charge on any atom is -0.258 e. The lowest BCUT2D eigenvalue weighted by molar-refractivity contribution is -0.383. The molecule has 114 valence electrons. The summed E-state index contributed by atoms with van der Waals surface area (Å²) in [6, 6.07) is 8.57. The van der Waals surface area contributed by atoms with Crippen LogP contribution in [0.1, 0.15) is 11.1 Å². The summed E-state index contributed by atoms with van der Waals surface area (Å²) in [5.41, 5.74) is 0.772. The largest absolute Gasteiger partial charge is 0.296 e. The highest BCUT2D eigenvalue weighted by molar-refractivity contribution is 6.31. The number of nitriles is 1. The van der Waals surface area contributed by atoms with Crippen molar-refractivity contribution in [1.82, 2.24) is 9.78 Å². The van der Waals surface area contributed by atoms with Gasteiger partial charge in [0, 0.05) is 16.5 Å². The number of hydrogen-bond donors (Lipinski definition) is 0. The van der Waals surface area contributed by atoms with Gasteiger partial charge in [-0.25, -0.2) is 4.39 Å². The molecule has 0 fully saturated rings. The van der Waals surface area contributed by atoms with Crippen molar-refractivity contribution in [1.29, 1.82) is 5.26 Å². The first-order valence-electron chi connectivity index (χ1n) is 6.47. The molecule has 1 heterocycles. The van der Waals surface area contributed by atoms with Crippen molar-refractivity contribution in [3.05, 3.63) is 68.6 Å². The Bertz CT molecular complexity index is 978.